The van der Waals surface area contributed by atoms with Crippen LogP contribution in [0.25, 0.3) is 0 Å². The fourth-order valence-corrected chi connectivity index (χ4v) is 2.66. The number of carbonyl (C=O) groups excluding carboxylic acids is 1. The van der Waals surface area contributed by atoms with Crippen molar-refractivity contribution < 1.29 is 14.3 Å². The summed E-state index contributed by atoms with van der Waals surface area (Å²) in [6.45, 7) is 4.08. The second kappa shape index (κ2) is 9.05. The molecule has 0 fully saturated rings. The molecular weight excluding hydrogens is 350 g/mol. The number of thiocarbonyl (C=S) groups is 1. The van der Waals surface area contributed by atoms with Crippen LogP contribution < -0.4 is 25.6 Å². The lowest BCUT2D eigenvalue weighted by Crippen LogP contribution is -2.44. The van der Waals surface area contributed by atoms with Crippen LogP contribution in [0.3, 0.4) is 0 Å². The van der Waals surface area contributed by atoms with Crippen molar-refractivity contribution in [3.63, 3.8) is 0 Å². The third kappa shape index (κ3) is 4.64. The number of nitrogens with one attached hydrogen (secondary N) is 3. The Bertz CT molecular complexity index is 809. The second-order valence-corrected chi connectivity index (χ2v) is 5.97. The quantitative estimate of drug-likeness (QED) is 0.552. The average Bonchev–Trinajstić information content (AvgIpc) is 2.66. The molecule has 0 heterocycles. The summed E-state index contributed by atoms with van der Waals surface area (Å²) < 4.78 is 10.4. The molecule has 2 rings (SSSR count). The van der Waals surface area contributed by atoms with Crippen LogP contribution in [0.4, 0.5) is 5.69 Å². The SMILES string of the molecule is CCc1cccc(C)c1NC(=S)NNC(=O)c1ccc(OC)c(OC)c1. The molecule has 0 aliphatic carbocycles. The van der Waals surface area contributed by atoms with Gasteiger partial charge in [0.25, 0.3) is 5.91 Å². The highest BCUT2D eigenvalue weighted by atomic mass is 32.1. The highest BCUT2D eigenvalue weighted by Crippen LogP contribution is 2.27. The van der Waals surface area contributed by atoms with Crippen LogP contribution in [-0.4, -0.2) is 25.2 Å². The Morgan fingerprint density at radius 2 is 1.81 bits per heavy atom. The van der Waals surface area contributed by atoms with Gasteiger partial charge in [-0.05, 0) is 54.9 Å². The Hall–Kier alpha value is -2.80. The molecule has 3 N–H and O–H groups in total. The number of amides is 1. The number of hydrogen-bond acceptors (Lipinski definition) is 4. The number of benzene rings is 2. The Balaban J connectivity index is 2.00. The molecule has 0 saturated heterocycles. The fourth-order valence-electron chi connectivity index (χ4n) is 2.51. The second-order valence-electron chi connectivity index (χ2n) is 5.57. The summed E-state index contributed by atoms with van der Waals surface area (Å²) in [5.41, 5.74) is 8.91. The predicted octanol–water partition coefficient (Wildman–Crippen LogP) is 3.21. The van der Waals surface area contributed by atoms with Gasteiger partial charge in [0.1, 0.15) is 0 Å². The predicted molar refractivity (Wildman–Crippen MR) is 107 cm³/mol. The van der Waals surface area contributed by atoms with Crippen LogP contribution >= 0.6 is 12.2 Å². The van der Waals surface area contributed by atoms with E-state index in [1.807, 2.05) is 25.1 Å². The molecule has 0 atom stereocenters. The molecule has 0 aliphatic rings. The van der Waals surface area contributed by atoms with Gasteiger partial charge in [-0.25, -0.2) is 0 Å². The van der Waals surface area contributed by atoms with E-state index in [0.29, 0.717) is 22.2 Å². The molecule has 0 unspecified atom stereocenters. The molecule has 138 valence electrons. The summed E-state index contributed by atoms with van der Waals surface area (Å²) in [6.07, 6.45) is 0.880. The molecule has 6 nitrogen and oxygen atoms in total. The van der Waals surface area contributed by atoms with Crippen molar-refractivity contribution in [1.29, 1.82) is 0 Å². The largest absolute Gasteiger partial charge is 0.493 e. The Morgan fingerprint density at radius 1 is 1.08 bits per heavy atom. The molecule has 0 bridgehead atoms. The number of rotatable bonds is 5. The van der Waals surface area contributed by atoms with Crippen molar-refractivity contribution >= 4 is 28.9 Å². The highest BCUT2D eigenvalue weighted by molar-refractivity contribution is 7.80. The normalized spacial score (nSPS) is 10.0. The van der Waals surface area contributed by atoms with Crippen molar-refractivity contribution in [2.45, 2.75) is 20.3 Å². The lowest BCUT2D eigenvalue weighted by Gasteiger charge is -2.16. The smallest absolute Gasteiger partial charge is 0.269 e. The van der Waals surface area contributed by atoms with Crippen molar-refractivity contribution in [1.82, 2.24) is 10.9 Å². The average molecular weight is 373 g/mol. The van der Waals surface area contributed by atoms with Crippen LogP contribution in [0.2, 0.25) is 0 Å². The van der Waals surface area contributed by atoms with Gasteiger partial charge in [-0.2, -0.15) is 0 Å². The minimum absolute atomic E-state index is 0.308. The van der Waals surface area contributed by atoms with Crippen molar-refractivity contribution in [3.05, 3.63) is 53.1 Å². The first-order valence-electron chi connectivity index (χ1n) is 8.18. The number of methoxy groups -OCH3 is 2. The van der Waals surface area contributed by atoms with Crippen molar-refractivity contribution in [2.24, 2.45) is 0 Å². The molecule has 0 radical (unpaired) electrons. The molecule has 26 heavy (non-hydrogen) atoms. The summed E-state index contributed by atoms with van der Waals surface area (Å²) in [5.74, 6) is 0.699. The van der Waals surface area contributed by atoms with E-state index in [2.05, 4.69) is 23.1 Å². The number of para-hydroxylation sites is 1. The molecular formula is C19H23N3O3S. The number of ether oxygens (including phenoxy) is 2. The molecule has 7 heteroatoms. The molecule has 2 aromatic rings. The fraction of sp³-hybridized carbons (Fsp3) is 0.263. The van der Waals surface area contributed by atoms with Gasteiger partial charge in [-0.1, -0.05) is 25.1 Å². The van der Waals surface area contributed by atoms with Crippen LogP contribution in [0, 0.1) is 6.92 Å². The molecule has 0 saturated carbocycles. The number of carbonyl (C=O) groups is 1. The number of aryl methyl sites for hydroxylation is 2. The van der Waals surface area contributed by atoms with Crippen LogP contribution in [0.5, 0.6) is 11.5 Å². The molecule has 1 amide bonds. The summed E-state index contributed by atoms with van der Waals surface area (Å²) in [4.78, 5) is 12.3. The van der Waals surface area contributed by atoms with Crippen molar-refractivity contribution in [2.75, 3.05) is 19.5 Å². The zero-order chi connectivity index (χ0) is 19.1. The first-order valence-corrected chi connectivity index (χ1v) is 8.58. The Kier molecular flexibility index (Phi) is 6.80. The van der Waals surface area contributed by atoms with Gasteiger partial charge in [0.2, 0.25) is 0 Å². The zero-order valence-electron chi connectivity index (χ0n) is 15.3. The number of hydrazine groups is 1. The lowest BCUT2D eigenvalue weighted by atomic mass is 10.1. The Labute approximate surface area is 158 Å². The Morgan fingerprint density at radius 3 is 2.46 bits per heavy atom. The van der Waals surface area contributed by atoms with Gasteiger partial charge in [-0.15, -0.1) is 0 Å². The summed E-state index contributed by atoms with van der Waals surface area (Å²) in [5, 5.41) is 3.45. The van der Waals surface area contributed by atoms with E-state index in [-0.39, 0.29) is 5.91 Å². The lowest BCUT2D eigenvalue weighted by molar-refractivity contribution is 0.0944. The minimum Gasteiger partial charge on any atom is -0.493 e. The third-order valence-electron chi connectivity index (χ3n) is 3.91. The van der Waals surface area contributed by atoms with Gasteiger partial charge in [0.05, 0.1) is 14.2 Å². The topological polar surface area (TPSA) is 71.6 Å². The maximum atomic E-state index is 12.3. The minimum atomic E-state index is -0.337. The van der Waals surface area contributed by atoms with Gasteiger partial charge in [0, 0.05) is 11.3 Å². The van der Waals surface area contributed by atoms with Crippen LogP contribution in [-0.2, 0) is 6.42 Å². The van der Waals surface area contributed by atoms with E-state index < -0.39 is 0 Å². The highest BCUT2D eigenvalue weighted by Gasteiger charge is 2.11. The first-order chi connectivity index (χ1) is 12.5. The van der Waals surface area contributed by atoms with Crippen molar-refractivity contribution in [3.8, 4) is 11.5 Å². The number of anilines is 1. The zero-order valence-corrected chi connectivity index (χ0v) is 16.1. The van der Waals surface area contributed by atoms with Gasteiger partial charge in [0.15, 0.2) is 16.6 Å². The standard InChI is InChI=1S/C19H23N3O3S/c1-5-13-8-6-7-12(2)17(13)20-19(26)22-21-18(23)14-9-10-15(24-3)16(11-14)25-4/h6-11H,5H2,1-4H3,(H,21,23)(H2,20,22,26). The van der Waals surface area contributed by atoms with Gasteiger partial charge in [-0.3, -0.25) is 15.6 Å². The molecule has 0 aliphatic heterocycles. The van der Waals surface area contributed by atoms with Crippen LogP contribution in [0.1, 0.15) is 28.4 Å². The molecule has 0 aromatic heterocycles. The summed E-state index contributed by atoms with van der Waals surface area (Å²) >= 11 is 5.28. The summed E-state index contributed by atoms with van der Waals surface area (Å²) in [6, 6.07) is 11.0. The van der Waals surface area contributed by atoms with Gasteiger partial charge >= 0.3 is 0 Å². The first kappa shape index (κ1) is 19.5. The molecule has 0 spiro atoms. The van der Waals surface area contributed by atoms with E-state index in [1.165, 1.54) is 7.11 Å². The third-order valence-corrected chi connectivity index (χ3v) is 4.12. The van der Waals surface area contributed by atoms with E-state index in [4.69, 9.17) is 21.7 Å². The maximum Gasteiger partial charge on any atom is 0.269 e. The van der Waals surface area contributed by atoms with E-state index >= 15 is 0 Å². The maximum absolute atomic E-state index is 12.3. The summed E-state index contributed by atoms with van der Waals surface area (Å²) in [7, 11) is 3.06. The van der Waals surface area contributed by atoms with E-state index in [1.54, 1.807) is 25.3 Å². The van der Waals surface area contributed by atoms with E-state index in [9.17, 15) is 4.79 Å². The monoisotopic (exact) mass is 373 g/mol. The number of hydrogen-bond donors (Lipinski definition) is 3. The van der Waals surface area contributed by atoms with E-state index in [0.717, 1.165) is 23.2 Å². The van der Waals surface area contributed by atoms with Gasteiger partial charge < -0.3 is 14.8 Å². The molecule has 2 aromatic carbocycles. The van der Waals surface area contributed by atoms with Crippen LogP contribution in [0.15, 0.2) is 36.4 Å².